The lowest BCUT2D eigenvalue weighted by Crippen LogP contribution is -2.10. The third-order valence-electron chi connectivity index (χ3n) is 4.71. The zero-order chi connectivity index (χ0) is 20.1. The molecule has 0 saturated carbocycles. The minimum absolute atomic E-state index is 0.217. The van der Waals surface area contributed by atoms with Gasteiger partial charge in [0.1, 0.15) is 23.0 Å². The second-order valence-corrected chi connectivity index (χ2v) is 7.05. The van der Waals surface area contributed by atoms with Gasteiger partial charge in [-0.05, 0) is 42.0 Å². The van der Waals surface area contributed by atoms with Crippen LogP contribution in [-0.2, 0) is 0 Å². The van der Waals surface area contributed by atoms with Crippen molar-refractivity contribution in [1.82, 2.24) is 0 Å². The molecule has 0 aliphatic carbocycles. The average Bonchev–Trinajstić information content (AvgIpc) is 2.75. The van der Waals surface area contributed by atoms with Crippen molar-refractivity contribution in [3.8, 4) is 23.0 Å². The Balaban J connectivity index is 2.38. The molecule has 0 aliphatic heterocycles. The number of hydrogen-bond donors (Lipinski definition) is 0. The number of ether oxygens (including phenoxy) is 4. The highest BCUT2D eigenvalue weighted by Gasteiger charge is 2.30. The average molecular weight is 443 g/mol. The molecule has 3 aromatic rings. The number of halogens is 1. The normalized spacial score (nSPS) is 10.6. The van der Waals surface area contributed by atoms with Crippen molar-refractivity contribution in [2.75, 3.05) is 28.4 Å². The maximum atomic E-state index is 5.71. The lowest BCUT2D eigenvalue weighted by Gasteiger charge is -2.26. The lowest BCUT2D eigenvalue weighted by atomic mass is 9.83. The lowest BCUT2D eigenvalue weighted by molar-refractivity contribution is 0.373. The van der Waals surface area contributed by atoms with E-state index in [0.717, 1.165) is 44.2 Å². The molecule has 0 aromatic heterocycles. The fourth-order valence-corrected chi connectivity index (χ4v) is 3.73. The third-order valence-corrected chi connectivity index (χ3v) is 5.24. The summed E-state index contributed by atoms with van der Waals surface area (Å²) in [6, 6.07) is 19.8. The summed E-state index contributed by atoms with van der Waals surface area (Å²) in [6.45, 7) is 0. The van der Waals surface area contributed by atoms with Gasteiger partial charge in [-0.15, -0.1) is 0 Å². The molecule has 0 atom stereocenters. The van der Waals surface area contributed by atoms with E-state index in [-0.39, 0.29) is 5.92 Å². The molecule has 3 rings (SSSR count). The molecule has 0 spiro atoms. The van der Waals surface area contributed by atoms with Crippen LogP contribution in [-0.4, -0.2) is 28.4 Å². The molecule has 5 heteroatoms. The summed E-state index contributed by atoms with van der Waals surface area (Å²) in [5, 5.41) is 0. The van der Waals surface area contributed by atoms with Gasteiger partial charge in [0.05, 0.1) is 28.4 Å². The van der Waals surface area contributed by atoms with Crippen molar-refractivity contribution in [2.24, 2.45) is 0 Å². The zero-order valence-electron chi connectivity index (χ0n) is 16.4. The Bertz CT molecular complexity index is 838. The highest BCUT2D eigenvalue weighted by Crippen LogP contribution is 2.48. The smallest absolute Gasteiger partial charge is 0.126 e. The van der Waals surface area contributed by atoms with E-state index >= 15 is 0 Å². The predicted molar refractivity (Wildman–Crippen MR) is 114 cm³/mol. The number of rotatable bonds is 7. The standard InChI is InChI=1S/C23H23BrO4/c1-25-17-7-5-8-18(26-2)22(17)21(15-11-13-16(24)14-12-15)23-19(27-3)9-6-10-20(23)28-4/h5-14,21H,1-4H3. The molecular weight excluding hydrogens is 420 g/mol. The van der Waals surface area contributed by atoms with Gasteiger partial charge >= 0.3 is 0 Å². The first-order chi connectivity index (χ1) is 13.6. The van der Waals surface area contributed by atoms with Gasteiger partial charge in [0.25, 0.3) is 0 Å². The van der Waals surface area contributed by atoms with Gasteiger partial charge in [-0.2, -0.15) is 0 Å². The molecule has 0 saturated heterocycles. The maximum absolute atomic E-state index is 5.71. The van der Waals surface area contributed by atoms with Crippen molar-refractivity contribution < 1.29 is 18.9 Å². The largest absolute Gasteiger partial charge is 0.496 e. The Hall–Kier alpha value is -2.66. The van der Waals surface area contributed by atoms with Gasteiger partial charge in [0, 0.05) is 21.5 Å². The first-order valence-corrected chi connectivity index (χ1v) is 9.61. The fraction of sp³-hybridized carbons (Fsp3) is 0.217. The Morgan fingerprint density at radius 3 is 1.25 bits per heavy atom. The summed E-state index contributed by atoms with van der Waals surface area (Å²) >= 11 is 3.52. The molecule has 4 nitrogen and oxygen atoms in total. The molecule has 0 fully saturated rings. The van der Waals surface area contributed by atoms with Gasteiger partial charge in [-0.25, -0.2) is 0 Å². The van der Waals surface area contributed by atoms with E-state index in [1.807, 2.05) is 48.5 Å². The molecule has 28 heavy (non-hydrogen) atoms. The molecule has 0 heterocycles. The number of benzene rings is 3. The van der Waals surface area contributed by atoms with Crippen molar-refractivity contribution in [2.45, 2.75) is 5.92 Å². The van der Waals surface area contributed by atoms with Crippen LogP contribution in [0.25, 0.3) is 0 Å². The Labute approximate surface area is 174 Å². The molecule has 146 valence electrons. The molecule has 0 unspecified atom stereocenters. The minimum Gasteiger partial charge on any atom is -0.496 e. The summed E-state index contributed by atoms with van der Waals surface area (Å²) in [4.78, 5) is 0. The summed E-state index contributed by atoms with van der Waals surface area (Å²) in [5.41, 5.74) is 2.89. The molecule has 0 aliphatic rings. The van der Waals surface area contributed by atoms with E-state index in [0.29, 0.717) is 0 Å². The Kier molecular flexibility index (Phi) is 6.47. The van der Waals surface area contributed by atoms with Gasteiger partial charge in [-0.3, -0.25) is 0 Å². The minimum atomic E-state index is -0.217. The molecule has 0 radical (unpaired) electrons. The van der Waals surface area contributed by atoms with Crippen LogP contribution < -0.4 is 18.9 Å². The summed E-state index contributed by atoms with van der Waals surface area (Å²) in [5.74, 6) is 2.73. The van der Waals surface area contributed by atoms with Crippen molar-refractivity contribution in [3.05, 3.63) is 81.8 Å². The van der Waals surface area contributed by atoms with E-state index in [4.69, 9.17) is 18.9 Å². The van der Waals surface area contributed by atoms with Crippen LogP contribution in [0.4, 0.5) is 0 Å². The highest BCUT2D eigenvalue weighted by atomic mass is 79.9. The SMILES string of the molecule is COc1cccc(OC)c1C(c1ccc(Br)cc1)c1c(OC)cccc1OC. The monoisotopic (exact) mass is 442 g/mol. The number of hydrogen-bond acceptors (Lipinski definition) is 4. The predicted octanol–water partition coefficient (Wildman–Crippen LogP) is 5.66. The first-order valence-electron chi connectivity index (χ1n) is 8.81. The van der Waals surface area contributed by atoms with Gasteiger partial charge in [0.2, 0.25) is 0 Å². The van der Waals surface area contributed by atoms with Crippen molar-refractivity contribution in [1.29, 1.82) is 0 Å². The van der Waals surface area contributed by atoms with Crippen LogP contribution in [0.3, 0.4) is 0 Å². The quantitative estimate of drug-likeness (QED) is 0.442. The summed E-state index contributed by atoms with van der Waals surface area (Å²) in [7, 11) is 6.65. The van der Waals surface area contributed by atoms with E-state index in [1.165, 1.54) is 0 Å². The van der Waals surface area contributed by atoms with E-state index in [9.17, 15) is 0 Å². The van der Waals surface area contributed by atoms with Gasteiger partial charge < -0.3 is 18.9 Å². The van der Waals surface area contributed by atoms with Crippen molar-refractivity contribution >= 4 is 15.9 Å². The van der Waals surface area contributed by atoms with Gasteiger partial charge in [0.15, 0.2) is 0 Å². The maximum Gasteiger partial charge on any atom is 0.126 e. The van der Waals surface area contributed by atoms with Crippen LogP contribution in [0, 0.1) is 0 Å². The molecule has 0 N–H and O–H groups in total. The fourth-order valence-electron chi connectivity index (χ4n) is 3.46. The van der Waals surface area contributed by atoms with Crippen LogP contribution in [0.1, 0.15) is 22.6 Å². The van der Waals surface area contributed by atoms with E-state index in [1.54, 1.807) is 28.4 Å². The number of methoxy groups -OCH3 is 4. The van der Waals surface area contributed by atoms with Crippen LogP contribution >= 0.6 is 15.9 Å². The van der Waals surface area contributed by atoms with Crippen LogP contribution in [0.5, 0.6) is 23.0 Å². The second-order valence-electron chi connectivity index (χ2n) is 6.14. The molecule has 3 aromatic carbocycles. The Morgan fingerprint density at radius 2 is 0.929 bits per heavy atom. The molecular formula is C23H23BrO4. The summed E-state index contributed by atoms with van der Waals surface area (Å²) in [6.07, 6.45) is 0. The molecule has 0 amide bonds. The van der Waals surface area contributed by atoms with E-state index in [2.05, 4.69) is 28.1 Å². The highest BCUT2D eigenvalue weighted by molar-refractivity contribution is 9.10. The van der Waals surface area contributed by atoms with Crippen molar-refractivity contribution in [3.63, 3.8) is 0 Å². The second kappa shape index (κ2) is 9.02. The topological polar surface area (TPSA) is 36.9 Å². The Morgan fingerprint density at radius 1 is 0.571 bits per heavy atom. The van der Waals surface area contributed by atoms with Crippen LogP contribution in [0.15, 0.2) is 65.1 Å². The summed E-state index contributed by atoms with van der Waals surface area (Å²) < 4.78 is 23.9. The first kappa shape index (κ1) is 20.1. The van der Waals surface area contributed by atoms with E-state index < -0.39 is 0 Å². The third kappa shape index (κ3) is 3.80. The molecule has 0 bridgehead atoms. The van der Waals surface area contributed by atoms with Crippen LogP contribution in [0.2, 0.25) is 0 Å². The van der Waals surface area contributed by atoms with Gasteiger partial charge in [-0.1, -0.05) is 40.2 Å². The zero-order valence-corrected chi connectivity index (χ0v) is 17.9.